The van der Waals surface area contributed by atoms with E-state index in [0.29, 0.717) is 16.8 Å². The number of hydrogen-bond acceptors (Lipinski definition) is 3. The fraction of sp³-hybridized carbons (Fsp3) is 0.133. The predicted octanol–water partition coefficient (Wildman–Crippen LogP) is 3.74. The van der Waals surface area contributed by atoms with Crippen LogP contribution in [0.3, 0.4) is 0 Å². The van der Waals surface area contributed by atoms with Crippen LogP contribution in [-0.2, 0) is 10.0 Å². The first-order chi connectivity index (χ1) is 9.83. The fourth-order valence-electron chi connectivity index (χ4n) is 1.84. The van der Waals surface area contributed by atoms with Gasteiger partial charge in [-0.3, -0.25) is 4.72 Å². The lowest BCUT2D eigenvalue weighted by atomic mass is 10.1. The third-order valence-electron chi connectivity index (χ3n) is 3.07. The molecule has 2 aromatic rings. The maximum Gasteiger partial charge on any atom is 0.261 e. The number of anilines is 1. The summed E-state index contributed by atoms with van der Waals surface area (Å²) >= 11 is 3.32. The minimum Gasteiger partial charge on any atom is -0.279 e. The summed E-state index contributed by atoms with van der Waals surface area (Å²) in [6.07, 6.45) is 0. The van der Waals surface area contributed by atoms with Gasteiger partial charge in [-0.05, 0) is 55.3 Å². The van der Waals surface area contributed by atoms with E-state index in [4.69, 9.17) is 5.26 Å². The fourth-order valence-corrected chi connectivity index (χ4v) is 3.40. The first-order valence-electron chi connectivity index (χ1n) is 6.13. The molecular weight excluding hydrogens is 352 g/mol. The average Bonchev–Trinajstić information content (AvgIpc) is 2.42. The molecule has 0 unspecified atom stereocenters. The predicted molar refractivity (Wildman–Crippen MR) is 85.6 cm³/mol. The first kappa shape index (κ1) is 15.5. The lowest BCUT2D eigenvalue weighted by Gasteiger charge is -2.11. The molecule has 0 spiro atoms. The molecule has 4 nitrogen and oxygen atoms in total. The Labute approximate surface area is 132 Å². The Kier molecular flexibility index (Phi) is 4.35. The van der Waals surface area contributed by atoms with Crippen LogP contribution in [0.4, 0.5) is 5.69 Å². The third-order valence-corrected chi connectivity index (χ3v) is 4.93. The Hall–Kier alpha value is -1.84. The van der Waals surface area contributed by atoms with Crippen LogP contribution < -0.4 is 4.72 Å². The SMILES string of the molecule is Cc1cc(S(=O)(=O)Nc2cc(Br)ccc2C)ccc1C#N. The van der Waals surface area contributed by atoms with Crippen LogP contribution >= 0.6 is 15.9 Å². The quantitative estimate of drug-likeness (QED) is 0.901. The average molecular weight is 365 g/mol. The molecule has 0 aromatic heterocycles. The van der Waals surface area contributed by atoms with Crippen molar-refractivity contribution in [2.75, 3.05) is 4.72 Å². The van der Waals surface area contributed by atoms with Gasteiger partial charge in [-0.25, -0.2) is 8.42 Å². The molecule has 0 aliphatic rings. The molecule has 108 valence electrons. The van der Waals surface area contributed by atoms with Crippen molar-refractivity contribution in [1.82, 2.24) is 0 Å². The maximum absolute atomic E-state index is 12.4. The molecule has 0 aliphatic carbocycles. The zero-order valence-electron chi connectivity index (χ0n) is 11.5. The van der Waals surface area contributed by atoms with Gasteiger partial charge in [-0.15, -0.1) is 0 Å². The maximum atomic E-state index is 12.4. The normalized spacial score (nSPS) is 11.0. The monoisotopic (exact) mass is 364 g/mol. The van der Waals surface area contributed by atoms with Gasteiger partial charge in [0.25, 0.3) is 10.0 Å². The van der Waals surface area contributed by atoms with Gasteiger partial charge in [0.1, 0.15) is 0 Å². The van der Waals surface area contributed by atoms with Gasteiger partial charge in [0.15, 0.2) is 0 Å². The van der Waals surface area contributed by atoms with Gasteiger partial charge in [-0.2, -0.15) is 5.26 Å². The highest BCUT2D eigenvalue weighted by Crippen LogP contribution is 2.24. The van der Waals surface area contributed by atoms with Crippen LogP contribution in [0.15, 0.2) is 45.8 Å². The summed E-state index contributed by atoms with van der Waals surface area (Å²) in [5.41, 5.74) is 2.44. The van der Waals surface area contributed by atoms with E-state index in [-0.39, 0.29) is 4.90 Å². The molecule has 0 saturated heterocycles. The molecule has 0 radical (unpaired) electrons. The third kappa shape index (κ3) is 3.43. The van der Waals surface area contributed by atoms with Gasteiger partial charge >= 0.3 is 0 Å². The highest BCUT2D eigenvalue weighted by atomic mass is 79.9. The minimum absolute atomic E-state index is 0.137. The lowest BCUT2D eigenvalue weighted by molar-refractivity contribution is 0.601. The summed E-state index contributed by atoms with van der Waals surface area (Å²) in [5, 5.41) is 8.89. The highest BCUT2D eigenvalue weighted by Gasteiger charge is 2.16. The van der Waals surface area contributed by atoms with Crippen LogP contribution in [0.1, 0.15) is 16.7 Å². The number of nitrogens with zero attached hydrogens (tertiary/aromatic N) is 1. The van der Waals surface area contributed by atoms with Gasteiger partial charge in [0.05, 0.1) is 22.2 Å². The smallest absolute Gasteiger partial charge is 0.261 e. The summed E-state index contributed by atoms with van der Waals surface area (Å²) in [7, 11) is -3.68. The van der Waals surface area contributed by atoms with E-state index in [1.54, 1.807) is 13.0 Å². The number of sulfonamides is 1. The van der Waals surface area contributed by atoms with Crippen molar-refractivity contribution in [2.24, 2.45) is 0 Å². The number of rotatable bonds is 3. The molecule has 0 fully saturated rings. The van der Waals surface area contributed by atoms with Crippen molar-refractivity contribution in [3.63, 3.8) is 0 Å². The molecule has 0 heterocycles. The molecule has 0 aliphatic heterocycles. The summed E-state index contributed by atoms with van der Waals surface area (Å²) in [6, 6.07) is 11.8. The molecule has 1 N–H and O–H groups in total. The molecule has 0 saturated carbocycles. The molecule has 0 atom stereocenters. The van der Waals surface area contributed by atoms with E-state index in [2.05, 4.69) is 20.7 Å². The van der Waals surface area contributed by atoms with Crippen LogP contribution in [0.25, 0.3) is 0 Å². The number of nitrogens with one attached hydrogen (secondary N) is 1. The Morgan fingerprint density at radius 2 is 1.81 bits per heavy atom. The van der Waals surface area contributed by atoms with E-state index >= 15 is 0 Å². The highest BCUT2D eigenvalue weighted by molar-refractivity contribution is 9.10. The molecule has 6 heteroatoms. The van der Waals surface area contributed by atoms with Crippen molar-refractivity contribution in [1.29, 1.82) is 5.26 Å². The Morgan fingerprint density at radius 3 is 2.43 bits per heavy atom. The Morgan fingerprint density at radius 1 is 1.10 bits per heavy atom. The second-order valence-corrected chi connectivity index (χ2v) is 7.25. The molecule has 2 rings (SSSR count). The summed E-state index contributed by atoms with van der Waals surface area (Å²) in [5.74, 6) is 0. The van der Waals surface area contributed by atoms with Gasteiger partial charge in [-0.1, -0.05) is 22.0 Å². The van der Waals surface area contributed by atoms with Crippen LogP contribution in [0.2, 0.25) is 0 Å². The largest absolute Gasteiger partial charge is 0.279 e. The summed E-state index contributed by atoms with van der Waals surface area (Å²) in [4.78, 5) is 0.137. The van der Waals surface area contributed by atoms with Crippen LogP contribution in [0, 0.1) is 25.2 Å². The van der Waals surface area contributed by atoms with Crippen molar-refractivity contribution < 1.29 is 8.42 Å². The van der Waals surface area contributed by atoms with E-state index in [1.165, 1.54) is 18.2 Å². The number of aryl methyl sites for hydroxylation is 2. The van der Waals surface area contributed by atoms with Gasteiger partial charge in [0, 0.05) is 4.47 Å². The number of nitriles is 1. The molecule has 0 bridgehead atoms. The standard InChI is InChI=1S/C15H13BrN2O2S/c1-10-3-5-13(16)8-15(10)18-21(19,20)14-6-4-12(9-17)11(2)7-14/h3-8,18H,1-2H3. The number of halogens is 1. The zero-order chi connectivity index (χ0) is 15.6. The summed E-state index contributed by atoms with van der Waals surface area (Å²) in [6.45, 7) is 3.54. The Balaban J connectivity index is 2.41. The zero-order valence-corrected chi connectivity index (χ0v) is 13.9. The Bertz CT molecular complexity index is 839. The molecule has 21 heavy (non-hydrogen) atoms. The topological polar surface area (TPSA) is 70.0 Å². The van der Waals surface area contributed by atoms with Crippen LogP contribution in [-0.4, -0.2) is 8.42 Å². The van der Waals surface area contributed by atoms with Crippen LogP contribution in [0.5, 0.6) is 0 Å². The van der Waals surface area contributed by atoms with Crippen molar-refractivity contribution >= 4 is 31.6 Å². The second-order valence-electron chi connectivity index (χ2n) is 4.65. The van der Waals surface area contributed by atoms with E-state index < -0.39 is 10.0 Å². The van der Waals surface area contributed by atoms with E-state index in [9.17, 15) is 8.42 Å². The van der Waals surface area contributed by atoms with Crippen molar-refractivity contribution in [3.8, 4) is 6.07 Å². The molecular formula is C15H13BrN2O2S. The number of hydrogen-bond donors (Lipinski definition) is 1. The van der Waals surface area contributed by atoms with Gasteiger partial charge in [0.2, 0.25) is 0 Å². The summed E-state index contributed by atoms with van der Waals surface area (Å²) < 4.78 is 28.2. The first-order valence-corrected chi connectivity index (χ1v) is 8.41. The molecule has 2 aromatic carbocycles. The number of benzene rings is 2. The minimum atomic E-state index is -3.68. The van der Waals surface area contributed by atoms with E-state index in [0.717, 1.165) is 10.0 Å². The molecule has 0 amide bonds. The second kappa shape index (κ2) is 5.88. The lowest BCUT2D eigenvalue weighted by Crippen LogP contribution is -2.14. The van der Waals surface area contributed by atoms with Crippen molar-refractivity contribution in [2.45, 2.75) is 18.7 Å². The van der Waals surface area contributed by atoms with Gasteiger partial charge < -0.3 is 0 Å². The van der Waals surface area contributed by atoms with E-state index in [1.807, 2.05) is 25.1 Å². The van der Waals surface area contributed by atoms with Crippen molar-refractivity contribution in [3.05, 3.63) is 57.6 Å².